The average Bonchev–Trinajstić information content (AvgIpc) is 2.38. The summed E-state index contributed by atoms with van der Waals surface area (Å²) < 4.78 is 24.8. The van der Waals surface area contributed by atoms with Gasteiger partial charge in [0.05, 0.1) is 15.8 Å². The molecule has 3 nitrogen and oxygen atoms in total. The first-order valence-electron chi connectivity index (χ1n) is 5.89. The SMILES string of the molecule is NC(CS(=O)(=O)c1c(Cl)cccc1Cl)c1ccccc1. The lowest BCUT2D eigenvalue weighted by atomic mass is 10.1. The first kappa shape index (κ1) is 15.3. The highest BCUT2D eigenvalue weighted by Gasteiger charge is 2.24. The number of hydrogen-bond acceptors (Lipinski definition) is 3. The molecule has 2 N–H and O–H groups in total. The minimum atomic E-state index is -3.66. The summed E-state index contributed by atoms with van der Waals surface area (Å²) in [6, 6.07) is 13.0. The molecule has 2 aromatic carbocycles. The number of rotatable bonds is 4. The standard InChI is InChI=1S/C14H13Cl2NO2S/c15-11-7-4-8-12(16)14(11)20(18,19)9-13(17)10-5-2-1-3-6-10/h1-8,13H,9,17H2. The van der Waals surface area contributed by atoms with E-state index in [1.165, 1.54) is 12.1 Å². The highest BCUT2D eigenvalue weighted by atomic mass is 35.5. The maximum atomic E-state index is 12.4. The van der Waals surface area contributed by atoms with Gasteiger partial charge in [-0.25, -0.2) is 8.42 Å². The molecule has 0 aromatic heterocycles. The van der Waals surface area contributed by atoms with Crippen molar-refractivity contribution >= 4 is 33.0 Å². The molecule has 0 fully saturated rings. The van der Waals surface area contributed by atoms with Crippen LogP contribution in [0.15, 0.2) is 53.4 Å². The Kier molecular flexibility index (Phi) is 4.70. The van der Waals surface area contributed by atoms with Crippen molar-refractivity contribution in [2.24, 2.45) is 5.73 Å². The van der Waals surface area contributed by atoms with Crippen LogP contribution in [0.2, 0.25) is 10.0 Å². The van der Waals surface area contributed by atoms with E-state index >= 15 is 0 Å². The second kappa shape index (κ2) is 6.14. The highest BCUT2D eigenvalue weighted by Crippen LogP contribution is 2.31. The van der Waals surface area contributed by atoms with E-state index in [4.69, 9.17) is 28.9 Å². The van der Waals surface area contributed by atoms with E-state index in [0.717, 1.165) is 5.56 Å². The molecule has 106 valence electrons. The summed E-state index contributed by atoms with van der Waals surface area (Å²) in [5.41, 5.74) is 6.70. The Labute approximate surface area is 128 Å². The van der Waals surface area contributed by atoms with Gasteiger partial charge in [-0.3, -0.25) is 0 Å². The Morgan fingerprint density at radius 3 is 2.05 bits per heavy atom. The van der Waals surface area contributed by atoms with Crippen molar-refractivity contribution in [3.05, 3.63) is 64.1 Å². The molecule has 0 aliphatic rings. The van der Waals surface area contributed by atoms with Crippen LogP contribution in [0.5, 0.6) is 0 Å². The number of benzene rings is 2. The summed E-state index contributed by atoms with van der Waals surface area (Å²) in [6.45, 7) is 0. The third-order valence-electron chi connectivity index (χ3n) is 2.86. The summed E-state index contributed by atoms with van der Waals surface area (Å²) >= 11 is 11.9. The average molecular weight is 330 g/mol. The molecule has 0 spiro atoms. The van der Waals surface area contributed by atoms with Gasteiger partial charge in [0.25, 0.3) is 0 Å². The van der Waals surface area contributed by atoms with Crippen molar-refractivity contribution < 1.29 is 8.42 Å². The van der Waals surface area contributed by atoms with E-state index in [0.29, 0.717) is 0 Å². The zero-order chi connectivity index (χ0) is 14.8. The highest BCUT2D eigenvalue weighted by molar-refractivity contribution is 7.91. The summed E-state index contributed by atoms with van der Waals surface area (Å²) in [7, 11) is -3.66. The van der Waals surface area contributed by atoms with Gasteiger partial charge in [-0.1, -0.05) is 59.6 Å². The van der Waals surface area contributed by atoms with Gasteiger partial charge < -0.3 is 5.73 Å². The third-order valence-corrected chi connectivity index (χ3v) is 5.57. The zero-order valence-corrected chi connectivity index (χ0v) is 12.8. The van der Waals surface area contributed by atoms with Gasteiger partial charge in [-0.05, 0) is 17.7 Å². The third kappa shape index (κ3) is 3.33. The smallest absolute Gasteiger partial charge is 0.183 e. The second-order valence-electron chi connectivity index (χ2n) is 4.35. The fourth-order valence-electron chi connectivity index (χ4n) is 1.90. The maximum absolute atomic E-state index is 12.4. The predicted octanol–water partition coefficient (Wildman–Crippen LogP) is 3.47. The van der Waals surface area contributed by atoms with Gasteiger partial charge in [-0.2, -0.15) is 0 Å². The van der Waals surface area contributed by atoms with Crippen molar-refractivity contribution in [3.8, 4) is 0 Å². The van der Waals surface area contributed by atoms with Crippen LogP contribution in [0.1, 0.15) is 11.6 Å². The van der Waals surface area contributed by atoms with Crippen molar-refractivity contribution in [1.82, 2.24) is 0 Å². The van der Waals surface area contributed by atoms with E-state index in [-0.39, 0.29) is 20.7 Å². The Balaban J connectivity index is 2.33. The molecular formula is C14H13Cl2NO2S. The topological polar surface area (TPSA) is 60.2 Å². The van der Waals surface area contributed by atoms with Crippen LogP contribution in [0, 0.1) is 0 Å². The summed E-state index contributed by atoms with van der Waals surface area (Å²) in [4.78, 5) is -0.0604. The van der Waals surface area contributed by atoms with Gasteiger partial charge in [0, 0.05) is 6.04 Å². The molecule has 2 rings (SSSR count). The molecule has 0 saturated carbocycles. The fourth-order valence-corrected chi connectivity index (χ4v) is 4.56. The lowest BCUT2D eigenvalue weighted by Crippen LogP contribution is -2.22. The summed E-state index contributed by atoms with van der Waals surface area (Å²) in [6.07, 6.45) is 0. The molecule has 1 atom stereocenters. The van der Waals surface area contributed by atoms with E-state index in [2.05, 4.69) is 0 Å². The second-order valence-corrected chi connectivity index (χ2v) is 7.13. The molecule has 0 heterocycles. The van der Waals surface area contributed by atoms with E-state index in [9.17, 15) is 8.42 Å². The molecular weight excluding hydrogens is 317 g/mol. The Hall–Kier alpha value is -1.07. The minimum absolute atomic E-state index is 0.0604. The fraction of sp³-hybridized carbons (Fsp3) is 0.143. The van der Waals surface area contributed by atoms with Crippen LogP contribution < -0.4 is 5.73 Å². The number of hydrogen-bond donors (Lipinski definition) is 1. The predicted molar refractivity (Wildman–Crippen MR) is 81.9 cm³/mol. The van der Waals surface area contributed by atoms with E-state index in [1.807, 2.05) is 18.2 Å². The summed E-state index contributed by atoms with van der Waals surface area (Å²) in [5, 5.41) is 0.218. The van der Waals surface area contributed by atoms with Crippen LogP contribution in [-0.4, -0.2) is 14.2 Å². The molecule has 0 amide bonds. The van der Waals surface area contributed by atoms with E-state index < -0.39 is 15.9 Å². The van der Waals surface area contributed by atoms with Crippen molar-refractivity contribution in [2.45, 2.75) is 10.9 Å². The monoisotopic (exact) mass is 329 g/mol. The van der Waals surface area contributed by atoms with Crippen LogP contribution in [0.4, 0.5) is 0 Å². The van der Waals surface area contributed by atoms with Gasteiger partial charge in [0.2, 0.25) is 0 Å². The number of halogens is 2. The first-order valence-corrected chi connectivity index (χ1v) is 8.30. The van der Waals surface area contributed by atoms with Gasteiger partial charge in [0.1, 0.15) is 4.90 Å². The lowest BCUT2D eigenvalue weighted by molar-refractivity contribution is 0.589. The molecule has 2 aromatic rings. The molecule has 1 unspecified atom stereocenters. The van der Waals surface area contributed by atoms with Crippen LogP contribution >= 0.6 is 23.2 Å². The number of sulfone groups is 1. The quantitative estimate of drug-likeness (QED) is 0.934. The molecule has 0 saturated heterocycles. The largest absolute Gasteiger partial charge is 0.323 e. The molecule has 6 heteroatoms. The van der Waals surface area contributed by atoms with Gasteiger partial charge >= 0.3 is 0 Å². The van der Waals surface area contributed by atoms with Crippen molar-refractivity contribution in [2.75, 3.05) is 5.75 Å². The van der Waals surface area contributed by atoms with Crippen molar-refractivity contribution in [3.63, 3.8) is 0 Å². The number of nitrogens with two attached hydrogens (primary N) is 1. The maximum Gasteiger partial charge on any atom is 0.183 e. The van der Waals surface area contributed by atoms with Gasteiger partial charge in [-0.15, -0.1) is 0 Å². The summed E-state index contributed by atoms with van der Waals surface area (Å²) in [5.74, 6) is -0.250. The van der Waals surface area contributed by atoms with Gasteiger partial charge in [0.15, 0.2) is 9.84 Å². The zero-order valence-electron chi connectivity index (χ0n) is 10.5. The normalized spacial score (nSPS) is 13.2. The Morgan fingerprint density at radius 1 is 0.950 bits per heavy atom. The Morgan fingerprint density at radius 2 is 1.50 bits per heavy atom. The first-order chi connectivity index (χ1) is 9.42. The van der Waals surface area contributed by atoms with Crippen molar-refractivity contribution in [1.29, 1.82) is 0 Å². The lowest BCUT2D eigenvalue weighted by Gasteiger charge is -2.14. The molecule has 0 aliphatic carbocycles. The van der Waals surface area contributed by atoms with Crippen LogP contribution in [0.3, 0.4) is 0 Å². The molecule has 0 bridgehead atoms. The molecule has 0 radical (unpaired) electrons. The molecule has 0 aliphatic heterocycles. The molecule has 20 heavy (non-hydrogen) atoms. The van der Waals surface area contributed by atoms with E-state index in [1.54, 1.807) is 18.2 Å². The van der Waals surface area contributed by atoms with Crippen LogP contribution in [-0.2, 0) is 9.84 Å². The minimum Gasteiger partial charge on any atom is -0.323 e. The van der Waals surface area contributed by atoms with Crippen LogP contribution in [0.25, 0.3) is 0 Å². The Bertz CT molecular complexity index is 682.